The molecular formula is C14H18ClN3OS. The van der Waals surface area contributed by atoms with Crippen molar-refractivity contribution in [1.82, 2.24) is 10.7 Å². The van der Waals surface area contributed by atoms with Crippen molar-refractivity contribution in [2.24, 2.45) is 5.10 Å². The van der Waals surface area contributed by atoms with Crippen molar-refractivity contribution in [3.63, 3.8) is 0 Å². The highest BCUT2D eigenvalue weighted by atomic mass is 35.5. The van der Waals surface area contributed by atoms with Gasteiger partial charge in [0.1, 0.15) is 5.75 Å². The van der Waals surface area contributed by atoms with Crippen LogP contribution in [0.4, 0.5) is 0 Å². The number of halogens is 1. The van der Waals surface area contributed by atoms with E-state index in [0.29, 0.717) is 21.7 Å². The molecule has 1 aliphatic carbocycles. The number of phenolic OH excluding ortho intramolecular Hbond substituents is 1. The van der Waals surface area contributed by atoms with E-state index in [-0.39, 0.29) is 5.75 Å². The third-order valence-electron chi connectivity index (χ3n) is 3.30. The van der Waals surface area contributed by atoms with Gasteiger partial charge < -0.3 is 10.4 Å². The lowest BCUT2D eigenvalue weighted by molar-refractivity contribution is 0.412. The summed E-state index contributed by atoms with van der Waals surface area (Å²) in [6, 6.07) is 5.23. The molecule has 1 fully saturated rings. The lowest BCUT2D eigenvalue weighted by Gasteiger charge is -2.23. The number of rotatable bonds is 3. The van der Waals surface area contributed by atoms with Gasteiger partial charge >= 0.3 is 0 Å². The molecule has 0 unspecified atom stereocenters. The minimum absolute atomic E-state index is 0.131. The predicted molar refractivity (Wildman–Crippen MR) is 86.5 cm³/mol. The second-order valence-corrected chi connectivity index (χ2v) is 5.73. The summed E-state index contributed by atoms with van der Waals surface area (Å²) in [5, 5.41) is 18.0. The van der Waals surface area contributed by atoms with Gasteiger partial charge in [-0.3, -0.25) is 5.43 Å². The lowest BCUT2D eigenvalue weighted by atomic mass is 9.96. The van der Waals surface area contributed by atoms with Crippen LogP contribution in [-0.2, 0) is 0 Å². The third kappa shape index (κ3) is 4.65. The van der Waals surface area contributed by atoms with Gasteiger partial charge in [-0.2, -0.15) is 5.10 Å². The SMILES string of the molecule is Oc1ccc(Cl)cc1/C=N/NC(=S)NC1CCCCC1. The van der Waals surface area contributed by atoms with E-state index in [4.69, 9.17) is 23.8 Å². The largest absolute Gasteiger partial charge is 0.507 e. The molecule has 6 heteroatoms. The molecule has 0 atom stereocenters. The van der Waals surface area contributed by atoms with Gasteiger partial charge in [0.15, 0.2) is 5.11 Å². The van der Waals surface area contributed by atoms with Gasteiger partial charge in [-0.05, 0) is 43.3 Å². The maximum Gasteiger partial charge on any atom is 0.187 e. The van der Waals surface area contributed by atoms with E-state index in [0.717, 1.165) is 12.8 Å². The molecule has 0 aliphatic heterocycles. The zero-order valence-corrected chi connectivity index (χ0v) is 12.7. The summed E-state index contributed by atoms with van der Waals surface area (Å²) in [4.78, 5) is 0. The summed E-state index contributed by atoms with van der Waals surface area (Å²) in [5.41, 5.74) is 3.31. The van der Waals surface area contributed by atoms with Gasteiger partial charge in [-0.25, -0.2) is 0 Å². The Hall–Kier alpha value is -1.33. The maximum atomic E-state index is 9.64. The van der Waals surface area contributed by atoms with E-state index in [1.807, 2.05) is 0 Å². The van der Waals surface area contributed by atoms with Crippen LogP contribution in [0.5, 0.6) is 5.75 Å². The lowest BCUT2D eigenvalue weighted by Crippen LogP contribution is -2.40. The minimum atomic E-state index is 0.131. The Morgan fingerprint density at radius 3 is 2.85 bits per heavy atom. The van der Waals surface area contributed by atoms with Crippen molar-refractivity contribution >= 4 is 35.1 Å². The van der Waals surface area contributed by atoms with Crippen LogP contribution in [0.3, 0.4) is 0 Å². The molecule has 1 aliphatic rings. The van der Waals surface area contributed by atoms with Crippen molar-refractivity contribution in [3.8, 4) is 5.75 Å². The van der Waals surface area contributed by atoms with Crippen LogP contribution < -0.4 is 10.7 Å². The van der Waals surface area contributed by atoms with Crippen LogP contribution in [0.2, 0.25) is 5.02 Å². The Balaban J connectivity index is 1.83. The van der Waals surface area contributed by atoms with E-state index in [1.54, 1.807) is 12.1 Å². The van der Waals surface area contributed by atoms with Gasteiger partial charge in [0.2, 0.25) is 0 Å². The summed E-state index contributed by atoms with van der Waals surface area (Å²) >= 11 is 11.0. The molecular weight excluding hydrogens is 294 g/mol. The molecule has 0 heterocycles. The second-order valence-electron chi connectivity index (χ2n) is 4.88. The third-order valence-corrected chi connectivity index (χ3v) is 3.74. The van der Waals surface area contributed by atoms with Crippen LogP contribution in [0, 0.1) is 0 Å². The van der Waals surface area contributed by atoms with E-state index in [9.17, 15) is 5.11 Å². The molecule has 1 saturated carbocycles. The number of hydrogen-bond donors (Lipinski definition) is 3. The molecule has 0 bridgehead atoms. The highest BCUT2D eigenvalue weighted by Crippen LogP contribution is 2.19. The number of hydrazone groups is 1. The smallest absolute Gasteiger partial charge is 0.187 e. The van der Waals surface area contributed by atoms with Gasteiger partial charge in [-0.1, -0.05) is 30.9 Å². The number of thiocarbonyl (C=S) groups is 1. The standard InChI is InChI=1S/C14H18ClN3OS/c15-11-6-7-13(19)10(8-11)9-16-18-14(20)17-12-4-2-1-3-5-12/h6-9,12,19H,1-5H2,(H2,17,18,20)/b16-9+. The zero-order valence-electron chi connectivity index (χ0n) is 11.1. The summed E-state index contributed by atoms with van der Waals surface area (Å²) in [6.45, 7) is 0. The Kier molecular flexibility index (Phi) is 5.61. The van der Waals surface area contributed by atoms with Gasteiger partial charge in [0.25, 0.3) is 0 Å². The number of aromatic hydroxyl groups is 1. The fourth-order valence-corrected chi connectivity index (χ4v) is 2.65. The first kappa shape index (κ1) is 15.1. The van der Waals surface area contributed by atoms with E-state index in [1.165, 1.54) is 31.5 Å². The van der Waals surface area contributed by atoms with Crippen molar-refractivity contribution in [1.29, 1.82) is 0 Å². The zero-order chi connectivity index (χ0) is 14.4. The molecule has 1 aromatic rings. The quantitative estimate of drug-likeness (QED) is 0.456. The van der Waals surface area contributed by atoms with Crippen LogP contribution >= 0.6 is 23.8 Å². The Morgan fingerprint density at radius 1 is 1.35 bits per heavy atom. The van der Waals surface area contributed by atoms with Crippen LogP contribution in [0.25, 0.3) is 0 Å². The molecule has 0 saturated heterocycles. The molecule has 4 nitrogen and oxygen atoms in total. The monoisotopic (exact) mass is 311 g/mol. The minimum Gasteiger partial charge on any atom is -0.507 e. The maximum absolute atomic E-state index is 9.64. The number of phenols is 1. The molecule has 2 rings (SSSR count). The summed E-state index contributed by atoms with van der Waals surface area (Å²) in [5.74, 6) is 0.131. The number of hydrogen-bond acceptors (Lipinski definition) is 3. The number of nitrogens with one attached hydrogen (secondary N) is 2. The van der Waals surface area contributed by atoms with E-state index >= 15 is 0 Å². The summed E-state index contributed by atoms with van der Waals surface area (Å²) < 4.78 is 0. The highest BCUT2D eigenvalue weighted by Gasteiger charge is 2.13. The normalized spacial score (nSPS) is 16.2. The van der Waals surface area contributed by atoms with Crippen LogP contribution in [0.1, 0.15) is 37.7 Å². The fourth-order valence-electron chi connectivity index (χ4n) is 2.25. The summed E-state index contributed by atoms with van der Waals surface area (Å²) in [7, 11) is 0. The highest BCUT2D eigenvalue weighted by molar-refractivity contribution is 7.80. The molecule has 0 amide bonds. The molecule has 20 heavy (non-hydrogen) atoms. The van der Waals surface area contributed by atoms with Crippen molar-refractivity contribution in [2.45, 2.75) is 38.1 Å². The molecule has 0 radical (unpaired) electrons. The molecule has 3 N–H and O–H groups in total. The Bertz CT molecular complexity index is 501. The van der Waals surface area contributed by atoms with Crippen molar-refractivity contribution < 1.29 is 5.11 Å². The first-order chi connectivity index (χ1) is 9.65. The van der Waals surface area contributed by atoms with Crippen LogP contribution in [-0.4, -0.2) is 22.5 Å². The summed E-state index contributed by atoms with van der Waals surface area (Å²) in [6.07, 6.45) is 7.61. The Labute approximate surface area is 129 Å². The van der Waals surface area contributed by atoms with E-state index < -0.39 is 0 Å². The molecule has 108 valence electrons. The van der Waals surface area contributed by atoms with Crippen molar-refractivity contribution in [3.05, 3.63) is 28.8 Å². The predicted octanol–water partition coefficient (Wildman–Crippen LogP) is 3.18. The van der Waals surface area contributed by atoms with E-state index in [2.05, 4.69) is 15.8 Å². The van der Waals surface area contributed by atoms with Gasteiger partial charge in [0, 0.05) is 16.6 Å². The number of benzene rings is 1. The topological polar surface area (TPSA) is 56.7 Å². The second kappa shape index (κ2) is 7.45. The van der Waals surface area contributed by atoms with Crippen LogP contribution in [0.15, 0.2) is 23.3 Å². The first-order valence-corrected chi connectivity index (χ1v) is 7.52. The fraction of sp³-hybridized carbons (Fsp3) is 0.429. The average Bonchev–Trinajstić information content (AvgIpc) is 2.44. The van der Waals surface area contributed by atoms with Crippen molar-refractivity contribution in [2.75, 3.05) is 0 Å². The van der Waals surface area contributed by atoms with Gasteiger partial charge in [-0.15, -0.1) is 0 Å². The molecule has 0 aromatic heterocycles. The molecule has 0 spiro atoms. The Morgan fingerprint density at radius 2 is 2.10 bits per heavy atom. The number of nitrogens with zero attached hydrogens (tertiary/aromatic N) is 1. The van der Waals surface area contributed by atoms with Gasteiger partial charge in [0.05, 0.1) is 6.21 Å². The first-order valence-electron chi connectivity index (χ1n) is 6.73. The molecule has 1 aromatic carbocycles. The average molecular weight is 312 g/mol.